The number of thiol groups is 1. The van der Waals surface area contributed by atoms with Crippen LogP contribution in [0.25, 0.3) is 0 Å². The zero-order valence-electron chi connectivity index (χ0n) is 8.29. The van der Waals surface area contributed by atoms with Gasteiger partial charge in [0, 0.05) is 17.7 Å². The molecule has 0 aliphatic rings. The molecule has 0 heterocycles. The Morgan fingerprint density at radius 1 is 1.42 bits per heavy atom. The van der Waals surface area contributed by atoms with Crippen molar-refractivity contribution in [3.8, 4) is 0 Å². The predicted octanol–water partition coefficient (Wildman–Crippen LogP) is 1.65. The van der Waals surface area contributed by atoms with E-state index in [4.69, 9.17) is 0 Å². The Bertz CT molecular complexity index is 145. The highest BCUT2D eigenvalue weighted by Crippen LogP contribution is 2.05. The fraction of sp³-hybridized carbons (Fsp3) is 0.889. The highest BCUT2D eigenvalue weighted by Gasteiger charge is 2.20. The second-order valence-electron chi connectivity index (χ2n) is 3.36. The molecule has 0 aromatic heterocycles. The number of carbonyl (C=O) groups is 1. The molecule has 0 saturated carbocycles. The fourth-order valence-corrected chi connectivity index (χ4v) is 1.33. The average Bonchev–Trinajstić information content (AvgIpc) is 1.98. The molecule has 2 atom stereocenters. The van der Waals surface area contributed by atoms with Crippen LogP contribution in [-0.4, -0.2) is 23.1 Å². The monoisotopic (exact) mass is 189 g/mol. The molecule has 2 nitrogen and oxygen atoms in total. The van der Waals surface area contributed by atoms with Gasteiger partial charge in [-0.2, -0.15) is 12.6 Å². The summed E-state index contributed by atoms with van der Waals surface area (Å²) in [7, 11) is 0. The first-order valence-corrected chi connectivity index (χ1v) is 4.97. The van der Waals surface area contributed by atoms with Gasteiger partial charge < -0.3 is 5.32 Å². The second kappa shape index (κ2) is 5.60. The Labute approximate surface area is 80.5 Å². The Hall–Kier alpha value is -0.0200. The van der Waals surface area contributed by atoms with Gasteiger partial charge >= 0.3 is 0 Å². The Morgan fingerprint density at radius 3 is 2.17 bits per heavy atom. The minimum absolute atomic E-state index is 0.0832. The maximum atomic E-state index is 11.4. The van der Waals surface area contributed by atoms with Gasteiger partial charge in [-0.05, 0) is 0 Å². The standard InChI is InChI=1S/C9H19NOS/c1-5-8(11)9(7(4)12)10-6(2)3/h6-7,9-10,12H,5H2,1-4H3. The molecule has 2 unspecified atom stereocenters. The molecule has 3 heteroatoms. The molecule has 0 aliphatic carbocycles. The summed E-state index contributed by atoms with van der Waals surface area (Å²) in [6.45, 7) is 7.89. The lowest BCUT2D eigenvalue weighted by molar-refractivity contribution is -0.120. The van der Waals surface area contributed by atoms with Crippen molar-refractivity contribution in [2.45, 2.75) is 51.4 Å². The van der Waals surface area contributed by atoms with Crippen LogP contribution in [-0.2, 0) is 4.79 Å². The van der Waals surface area contributed by atoms with E-state index in [-0.39, 0.29) is 17.1 Å². The van der Waals surface area contributed by atoms with Gasteiger partial charge in [0.05, 0.1) is 6.04 Å². The highest BCUT2D eigenvalue weighted by molar-refractivity contribution is 7.81. The fourth-order valence-electron chi connectivity index (χ4n) is 1.08. The first-order chi connectivity index (χ1) is 5.49. The molecule has 0 aromatic rings. The van der Waals surface area contributed by atoms with E-state index in [2.05, 4.69) is 17.9 Å². The summed E-state index contributed by atoms with van der Waals surface area (Å²) >= 11 is 4.28. The van der Waals surface area contributed by atoms with Crippen LogP contribution in [0.5, 0.6) is 0 Å². The number of rotatable bonds is 5. The molecule has 72 valence electrons. The number of Topliss-reactive ketones (excluding diaryl/α,β-unsaturated/α-hetero) is 1. The van der Waals surface area contributed by atoms with Gasteiger partial charge in [0.1, 0.15) is 0 Å². The van der Waals surface area contributed by atoms with Gasteiger partial charge in [-0.3, -0.25) is 4.79 Å². The van der Waals surface area contributed by atoms with Crippen molar-refractivity contribution < 1.29 is 4.79 Å². The lowest BCUT2D eigenvalue weighted by Gasteiger charge is -2.22. The quantitative estimate of drug-likeness (QED) is 0.644. The second-order valence-corrected chi connectivity index (χ2v) is 4.17. The maximum Gasteiger partial charge on any atom is 0.150 e. The lowest BCUT2D eigenvalue weighted by Crippen LogP contribution is -2.45. The third-order valence-electron chi connectivity index (χ3n) is 1.69. The number of ketones is 1. The third kappa shape index (κ3) is 4.12. The van der Waals surface area contributed by atoms with Crippen LogP contribution in [0.2, 0.25) is 0 Å². The van der Waals surface area contributed by atoms with Crippen LogP contribution in [0.4, 0.5) is 0 Å². The zero-order valence-corrected chi connectivity index (χ0v) is 9.19. The van der Waals surface area contributed by atoms with Crippen LogP contribution in [0.1, 0.15) is 34.1 Å². The summed E-state index contributed by atoms with van der Waals surface area (Å²) in [5.41, 5.74) is 0. The SMILES string of the molecule is CCC(=O)C(NC(C)C)C(C)S. The van der Waals surface area contributed by atoms with Crippen molar-refractivity contribution in [2.75, 3.05) is 0 Å². The van der Waals surface area contributed by atoms with Crippen LogP contribution in [0.3, 0.4) is 0 Å². The topological polar surface area (TPSA) is 29.1 Å². The van der Waals surface area contributed by atoms with Crippen molar-refractivity contribution in [1.29, 1.82) is 0 Å². The summed E-state index contributed by atoms with van der Waals surface area (Å²) in [6.07, 6.45) is 0.579. The molecular weight excluding hydrogens is 170 g/mol. The van der Waals surface area contributed by atoms with E-state index in [1.54, 1.807) is 0 Å². The molecule has 0 amide bonds. The zero-order chi connectivity index (χ0) is 9.72. The molecule has 0 aromatic carbocycles. The largest absolute Gasteiger partial charge is 0.304 e. The van der Waals surface area contributed by atoms with Crippen LogP contribution in [0, 0.1) is 0 Å². The summed E-state index contributed by atoms with van der Waals surface area (Å²) in [5, 5.41) is 3.29. The maximum absolute atomic E-state index is 11.4. The predicted molar refractivity (Wildman–Crippen MR) is 55.8 cm³/mol. The van der Waals surface area contributed by atoms with E-state index in [0.29, 0.717) is 12.5 Å². The molecule has 0 spiro atoms. The van der Waals surface area contributed by atoms with E-state index >= 15 is 0 Å². The Kier molecular flexibility index (Phi) is 5.59. The molecule has 0 rings (SSSR count). The van der Waals surface area contributed by atoms with E-state index in [1.807, 2.05) is 27.7 Å². The summed E-state index contributed by atoms with van der Waals surface area (Å²) < 4.78 is 0. The molecule has 0 saturated heterocycles. The summed E-state index contributed by atoms with van der Waals surface area (Å²) in [4.78, 5) is 11.4. The summed E-state index contributed by atoms with van der Waals surface area (Å²) in [6, 6.07) is 0.235. The summed E-state index contributed by atoms with van der Waals surface area (Å²) in [5.74, 6) is 0.242. The Balaban J connectivity index is 4.13. The van der Waals surface area contributed by atoms with Crippen molar-refractivity contribution in [3.63, 3.8) is 0 Å². The van der Waals surface area contributed by atoms with E-state index < -0.39 is 0 Å². The molecular formula is C9H19NOS. The smallest absolute Gasteiger partial charge is 0.150 e. The lowest BCUT2D eigenvalue weighted by atomic mass is 10.1. The van der Waals surface area contributed by atoms with Crippen LogP contribution in [0.15, 0.2) is 0 Å². The van der Waals surface area contributed by atoms with Gasteiger partial charge in [-0.25, -0.2) is 0 Å². The van der Waals surface area contributed by atoms with Gasteiger partial charge in [-0.15, -0.1) is 0 Å². The highest BCUT2D eigenvalue weighted by atomic mass is 32.1. The van der Waals surface area contributed by atoms with E-state index in [0.717, 1.165) is 0 Å². The van der Waals surface area contributed by atoms with Gasteiger partial charge in [0.2, 0.25) is 0 Å². The third-order valence-corrected chi connectivity index (χ3v) is 1.99. The average molecular weight is 189 g/mol. The Morgan fingerprint density at radius 2 is 1.92 bits per heavy atom. The van der Waals surface area contributed by atoms with Crippen molar-refractivity contribution >= 4 is 18.4 Å². The van der Waals surface area contributed by atoms with E-state index in [1.165, 1.54) is 0 Å². The number of hydrogen-bond donors (Lipinski definition) is 2. The van der Waals surface area contributed by atoms with Crippen molar-refractivity contribution in [1.82, 2.24) is 5.32 Å². The number of nitrogens with one attached hydrogen (secondary N) is 1. The van der Waals surface area contributed by atoms with Gasteiger partial charge in [0.15, 0.2) is 5.78 Å². The van der Waals surface area contributed by atoms with Crippen molar-refractivity contribution in [3.05, 3.63) is 0 Å². The number of hydrogen-bond acceptors (Lipinski definition) is 3. The minimum atomic E-state index is -0.0988. The van der Waals surface area contributed by atoms with Gasteiger partial charge in [0.25, 0.3) is 0 Å². The normalized spacial score (nSPS) is 16.2. The molecule has 0 radical (unpaired) electrons. The first kappa shape index (κ1) is 12.0. The molecule has 0 aliphatic heterocycles. The number of carbonyl (C=O) groups excluding carboxylic acids is 1. The van der Waals surface area contributed by atoms with Crippen LogP contribution < -0.4 is 5.32 Å². The molecule has 0 fully saturated rings. The first-order valence-electron chi connectivity index (χ1n) is 4.45. The molecule has 1 N–H and O–H groups in total. The minimum Gasteiger partial charge on any atom is -0.304 e. The van der Waals surface area contributed by atoms with Gasteiger partial charge in [-0.1, -0.05) is 27.7 Å². The molecule has 0 bridgehead atoms. The van der Waals surface area contributed by atoms with Crippen LogP contribution >= 0.6 is 12.6 Å². The van der Waals surface area contributed by atoms with Crippen molar-refractivity contribution in [2.24, 2.45) is 0 Å². The molecule has 12 heavy (non-hydrogen) atoms. The van der Waals surface area contributed by atoms with E-state index in [9.17, 15) is 4.79 Å².